The van der Waals surface area contributed by atoms with Gasteiger partial charge in [-0.1, -0.05) is 77.8 Å². The summed E-state index contributed by atoms with van der Waals surface area (Å²) in [5.74, 6) is -0.720. The highest BCUT2D eigenvalue weighted by atomic mass is 79.9. The number of rotatable bonds is 12. The van der Waals surface area contributed by atoms with Gasteiger partial charge in [0.05, 0.1) is 10.6 Å². The van der Waals surface area contributed by atoms with E-state index in [0.717, 1.165) is 26.3 Å². The topological polar surface area (TPSA) is 86.8 Å². The molecule has 202 valence electrons. The predicted octanol–water partition coefficient (Wildman–Crippen LogP) is 5.29. The molecular weight excluding hydrogens is 566 g/mol. The van der Waals surface area contributed by atoms with Crippen LogP contribution in [-0.4, -0.2) is 44.3 Å². The lowest BCUT2D eigenvalue weighted by Crippen LogP contribution is -2.52. The molecule has 0 aliphatic rings. The van der Waals surface area contributed by atoms with Gasteiger partial charge in [-0.2, -0.15) is 0 Å². The molecule has 0 aliphatic carbocycles. The lowest BCUT2D eigenvalue weighted by molar-refractivity contribution is -0.140. The molecule has 7 nitrogen and oxygen atoms in total. The Morgan fingerprint density at radius 3 is 2.13 bits per heavy atom. The van der Waals surface area contributed by atoms with Crippen LogP contribution in [0.3, 0.4) is 0 Å². The van der Waals surface area contributed by atoms with Gasteiger partial charge in [-0.05, 0) is 61.7 Å². The van der Waals surface area contributed by atoms with E-state index in [9.17, 15) is 18.0 Å². The second-order valence-electron chi connectivity index (χ2n) is 9.02. The van der Waals surface area contributed by atoms with Gasteiger partial charge < -0.3 is 10.2 Å². The number of carbonyl (C=O) groups excluding carboxylic acids is 2. The summed E-state index contributed by atoms with van der Waals surface area (Å²) in [6.45, 7) is 6.00. The van der Waals surface area contributed by atoms with Crippen molar-refractivity contribution in [3.05, 3.63) is 94.5 Å². The van der Waals surface area contributed by atoms with Crippen LogP contribution in [0.4, 0.5) is 5.69 Å². The number of hydrogen-bond acceptors (Lipinski definition) is 4. The maximum absolute atomic E-state index is 14.0. The fraction of sp³-hybridized carbons (Fsp3) is 0.310. The van der Waals surface area contributed by atoms with Gasteiger partial charge >= 0.3 is 0 Å². The minimum Gasteiger partial charge on any atom is -0.354 e. The van der Waals surface area contributed by atoms with Crippen LogP contribution in [0, 0.1) is 6.92 Å². The van der Waals surface area contributed by atoms with Gasteiger partial charge in [-0.15, -0.1) is 0 Å². The normalized spacial score (nSPS) is 12.0. The third kappa shape index (κ3) is 7.45. The number of nitrogens with one attached hydrogen (secondary N) is 1. The zero-order valence-corrected chi connectivity index (χ0v) is 24.3. The first kappa shape index (κ1) is 29.4. The molecule has 3 aromatic carbocycles. The average Bonchev–Trinajstić information content (AvgIpc) is 2.92. The molecule has 0 bridgehead atoms. The SMILES string of the molecule is CCCNC(=O)[C@H](CC)N(Cc1ccc(C)cc1)C(=O)CN(c1ccc(Br)cc1)S(=O)(=O)c1ccccc1. The molecule has 3 aromatic rings. The van der Waals surface area contributed by atoms with Crippen molar-refractivity contribution in [3.63, 3.8) is 0 Å². The Labute approximate surface area is 234 Å². The average molecular weight is 601 g/mol. The summed E-state index contributed by atoms with van der Waals surface area (Å²) in [6.07, 6.45) is 1.15. The molecule has 3 rings (SSSR count). The monoisotopic (exact) mass is 599 g/mol. The van der Waals surface area contributed by atoms with E-state index < -0.39 is 28.5 Å². The first-order valence-corrected chi connectivity index (χ1v) is 14.9. The molecule has 1 atom stereocenters. The molecule has 0 aromatic heterocycles. The van der Waals surface area contributed by atoms with Crippen LogP contribution >= 0.6 is 15.9 Å². The summed E-state index contributed by atoms with van der Waals surface area (Å²) in [5, 5.41) is 2.89. The van der Waals surface area contributed by atoms with E-state index in [0.29, 0.717) is 18.7 Å². The highest BCUT2D eigenvalue weighted by Crippen LogP contribution is 2.26. The van der Waals surface area contributed by atoms with Crippen molar-refractivity contribution in [2.75, 3.05) is 17.4 Å². The molecule has 1 N–H and O–H groups in total. The first-order chi connectivity index (χ1) is 18.2. The predicted molar refractivity (Wildman–Crippen MR) is 154 cm³/mol. The quantitative estimate of drug-likeness (QED) is 0.306. The van der Waals surface area contributed by atoms with Gasteiger partial charge in [0.2, 0.25) is 11.8 Å². The van der Waals surface area contributed by atoms with Gasteiger partial charge in [0.15, 0.2) is 0 Å². The number of anilines is 1. The molecule has 0 saturated carbocycles. The fourth-order valence-corrected chi connectivity index (χ4v) is 5.73. The molecule has 9 heteroatoms. The zero-order valence-electron chi connectivity index (χ0n) is 21.9. The van der Waals surface area contributed by atoms with Gasteiger partial charge in [0, 0.05) is 17.6 Å². The number of carbonyl (C=O) groups is 2. The minimum absolute atomic E-state index is 0.0773. The minimum atomic E-state index is -4.07. The molecule has 2 amide bonds. The molecule has 0 spiro atoms. The lowest BCUT2D eigenvalue weighted by atomic mass is 10.1. The molecule has 0 unspecified atom stereocenters. The summed E-state index contributed by atoms with van der Waals surface area (Å²) >= 11 is 3.38. The molecule has 0 saturated heterocycles. The van der Waals surface area contributed by atoms with Crippen LogP contribution in [0.15, 0.2) is 88.2 Å². The lowest BCUT2D eigenvalue weighted by Gasteiger charge is -2.33. The van der Waals surface area contributed by atoms with Crippen LogP contribution in [0.5, 0.6) is 0 Å². The zero-order chi connectivity index (χ0) is 27.7. The number of aryl methyl sites for hydroxylation is 1. The summed E-state index contributed by atoms with van der Waals surface area (Å²) < 4.78 is 29.4. The van der Waals surface area contributed by atoms with Crippen LogP contribution in [0.25, 0.3) is 0 Å². The van der Waals surface area contributed by atoms with E-state index >= 15 is 0 Å². The molecule has 0 heterocycles. The second-order valence-corrected chi connectivity index (χ2v) is 11.8. The van der Waals surface area contributed by atoms with Crippen molar-refractivity contribution in [3.8, 4) is 0 Å². The Hall–Kier alpha value is -3.17. The maximum atomic E-state index is 14.0. The van der Waals surface area contributed by atoms with Gasteiger partial charge in [-0.3, -0.25) is 13.9 Å². The number of benzene rings is 3. The number of hydrogen-bond donors (Lipinski definition) is 1. The summed E-state index contributed by atoms with van der Waals surface area (Å²) in [7, 11) is -4.07. The van der Waals surface area contributed by atoms with Crippen molar-refractivity contribution < 1.29 is 18.0 Å². The number of amides is 2. The van der Waals surface area contributed by atoms with Crippen molar-refractivity contribution in [1.82, 2.24) is 10.2 Å². The molecule has 0 aliphatic heterocycles. The Morgan fingerprint density at radius 2 is 1.55 bits per heavy atom. The fourth-order valence-electron chi connectivity index (χ4n) is 4.03. The number of halogens is 1. The van der Waals surface area contributed by atoms with Crippen LogP contribution in [0.2, 0.25) is 0 Å². The summed E-state index contributed by atoms with van der Waals surface area (Å²) in [5.41, 5.74) is 2.28. The largest absolute Gasteiger partial charge is 0.354 e. The Bertz CT molecular complexity index is 1310. The van der Waals surface area contributed by atoms with Gasteiger partial charge in [-0.25, -0.2) is 8.42 Å². The Balaban J connectivity index is 2.02. The molecule has 0 fully saturated rings. The standard InChI is InChI=1S/C29H34BrN3O4S/c1-4-19-31-29(35)27(5-2)32(20-23-13-11-22(3)12-14-23)28(34)21-33(25-17-15-24(30)16-18-25)38(36,37)26-9-7-6-8-10-26/h6-18,27H,4-5,19-21H2,1-3H3,(H,31,35)/t27-/m0/s1. The van der Waals surface area contributed by atoms with E-state index in [1.165, 1.54) is 17.0 Å². The molecule has 38 heavy (non-hydrogen) atoms. The van der Waals surface area contributed by atoms with Crippen molar-refractivity contribution in [2.45, 2.75) is 51.1 Å². The highest BCUT2D eigenvalue weighted by Gasteiger charge is 2.33. The maximum Gasteiger partial charge on any atom is 0.264 e. The van der Waals surface area contributed by atoms with E-state index in [1.807, 2.05) is 45.0 Å². The van der Waals surface area contributed by atoms with Crippen LogP contribution in [0.1, 0.15) is 37.8 Å². The molecular formula is C29H34BrN3O4S. The van der Waals surface area contributed by atoms with E-state index in [2.05, 4.69) is 21.2 Å². The summed E-state index contributed by atoms with van der Waals surface area (Å²) in [6, 6.07) is 21.8. The van der Waals surface area contributed by atoms with E-state index in [1.54, 1.807) is 42.5 Å². The van der Waals surface area contributed by atoms with E-state index in [4.69, 9.17) is 0 Å². The van der Waals surface area contributed by atoms with Crippen molar-refractivity contribution in [1.29, 1.82) is 0 Å². The number of nitrogens with zero attached hydrogens (tertiary/aromatic N) is 2. The van der Waals surface area contributed by atoms with Crippen LogP contribution in [-0.2, 0) is 26.2 Å². The van der Waals surface area contributed by atoms with E-state index in [-0.39, 0.29) is 17.3 Å². The first-order valence-electron chi connectivity index (χ1n) is 12.6. The third-order valence-electron chi connectivity index (χ3n) is 6.13. The third-order valence-corrected chi connectivity index (χ3v) is 8.45. The van der Waals surface area contributed by atoms with Gasteiger partial charge in [0.25, 0.3) is 10.0 Å². The van der Waals surface area contributed by atoms with Crippen LogP contribution < -0.4 is 9.62 Å². The van der Waals surface area contributed by atoms with Crippen molar-refractivity contribution >= 4 is 43.5 Å². The van der Waals surface area contributed by atoms with Gasteiger partial charge in [0.1, 0.15) is 12.6 Å². The van der Waals surface area contributed by atoms with Crippen molar-refractivity contribution in [2.24, 2.45) is 0 Å². The Kier molecular flexibility index (Phi) is 10.5. The smallest absolute Gasteiger partial charge is 0.264 e. The summed E-state index contributed by atoms with van der Waals surface area (Å²) in [4.78, 5) is 28.6. The number of sulfonamides is 1. The molecule has 0 radical (unpaired) electrons. The highest BCUT2D eigenvalue weighted by molar-refractivity contribution is 9.10. The Morgan fingerprint density at radius 1 is 0.921 bits per heavy atom. The second kappa shape index (κ2) is 13.6.